The second-order valence-corrected chi connectivity index (χ2v) is 3.59. The van der Waals surface area contributed by atoms with E-state index in [0.717, 1.165) is 0 Å². The maximum absolute atomic E-state index is 11.5. The maximum atomic E-state index is 11.5. The van der Waals surface area contributed by atoms with Crippen molar-refractivity contribution in [3.8, 4) is 0 Å². The lowest BCUT2D eigenvalue weighted by Crippen LogP contribution is -2.26. The van der Waals surface area contributed by atoms with Crippen molar-refractivity contribution in [2.45, 2.75) is 19.5 Å². The highest BCUT2D eigenvalue weighted by Gasteiger charge is 2.04. The maximum Gasteiger partial charge on any atom is 0.250 e. The van der Waals surface area contributed by atoms with E-state index in [2.05, 4.69) is 25.9 Å². The van der Waals surface area contributed by atoms with Gasteiger partial charge in [0.25, 0.3) is 5.56 Å². The normalized spacial score (nSPS) is 10.2. The van der Waals surface area contributed by atoms with Gasteiger partial charge in [-0.3, -0.25) is 9.59 Å². The van der Waals surface area contributed by atoms with E-state index in [1.165, 1.54) is 10.6 Å². The number of H-pyrrole nitrogens is 1. The minimum Gasteiger partial charge on any atom is -0.349 e. The molecule has 2 aromatic rings. The monoisotopic (exact) mass is 248 g/mol. The van der Waals surface area contributed by atoms with E-state index in [0.29, 0.717) is 12.4 Å². The molecule has 0 aliphatic rings. The minimum atomic E-state index is -0.171. The first-order valence-corrected chi connectivity index (χ1v) is 5.40. The number of aromatic amines is 1. The minimum absolute atomic E-state index is 0.122. The van der Waals surface area contributed by atoms with Gasteiger partial charge in [-0.1, -0.05) is 11.3 Å². The Kier molecular flexibility index (Phi) is 3.79. The van der Waals surface area contributed by atoms with Gasteiger partial charge < -0.3 is 9.88 Å². The first-order chi connectivity index (χ1) is 8.75. The molecule has 0 saturated heterocycles. The largest absolute Gasteiger partial charge is 0.349 e. The summed E-state index contributed by atoms with van der Waals surface area (Å²) in [6.45, 7) is 0.566. The number of aromatic nitrogens is 5. The first-order valence-electron chi connectivity index (χ1n) is 5.40. The third-order valence-electron chi connectivity index (χ3n) is 2.31. The van der Waals surface area contributed by atoms with Crippen molar-refractivity contribution >= 4 is 5.91 Å². The molecule has 0 spiro atoms. The molecule has 2 aromatic heterocycles. The molecule has 0 aromatic carbocycles. The van der Waals surface area contributed by atoms with E-state index in [1.54, 1.807) is 18.3 Å². The molecular formula is C10H12N6O2. The number of nitrogens with zero attached hydrogens (tertiary/aromatic N) is 4. The first kappa shape index (κ1) is 12.0. The second-order valence-electron chi connectivity index (χ2n) is 3.59. The number of carbonyl (C=O) groups is 1. The number of pyridine rings is 1. The number of tetrazole rings is 1. The molecule has 1 amide bonds. The molecule has 0 radical (unpaired) electrons. The van der Waals surface area contributed by atoms with Crippen molar-refractivity contribution in [3.63, 3.8) is 0 Å². The molecule has 18 heavy (non-hydrogen) atoms. The van der Waals surface area contributed by atoms with Crippen molar-refractivity contribution in [1.29, 1.82) is 0 Å². The summed E-state index contributed by atoms with van der Waals surface area (Å²) in [4.78, 5) is 22.9. The molecule has 0 fully saturated rings. The van der Waals surface area contributed by atoms with E-state index in [-0.39, 0.29) is 24.4 Å². The summed E-state index contributed by atoms with van der Waals surface area (Å²) in [5.74, 6) is 0.246. The Hall–Kier alpha value is -2.51. The Balaban J connectivity index is 1.78. The zero-order valence-electron chi connectivity index (χ0n) is 9.54. The third kappa shape index (κ3) is 3.24. The molecule has 0 bridgehead atoms. The standard InChI is InChI=1S/C10H12N6O2/c17-9(11-7-8-12-14-15-13-8)4-6-16-5-2-1-3-10(16)18/h1-3,5H,4,6-7H2,(H,11,17)(H,12,13,14,15). The van der Waals surface area contributed by atoms with Crippen molar-refractivity contribution in [3.05, 3.63) is 40.6 Å². The number of hydrogen-bond acceptors (Lipinski definition) is 5. The van der Waals surface area contributed by atoms with Gasteiger partial charge in [-0.15, -0.1) is 10.2 Å². The number of hydrogen-bond donors (Lipinski definition) is 2. The summed E-state index contributed by atoms with van der Waals surface area (Å²) >= 11 is 0. The van der Waals surface area contributed by atoms with Crippen LogP contribution in [-0.4, -0.2) is 31.1 Å². The highest BCUT2D eigenvalue weighted by molar-refractivity contribution is 5.75. The van der Waals surface area contributed by atoms with Crippen LogP contribution in [0.2, 0.25) is 0 Å². The van der Waals surface area contributed by atoms with Crippen LogP contribution >= 0.6 is 0 Å². The van der Waals surface area contributed by atoms with Crippen molar-refractivity contribution < 1.29 is 4.79 Å². The van der Waals surface area contributed by atoms with Gasteiger partial charge in [-0.25, -0.2) is 0 Å². The van der Waals surface area contributed by atoms with Crippen molar-refractivity contribution in [2.75, 3.05) is 0 Å². The summed E-state index contributed by atoms with van der Waals surface area (Å²) in [6, 6.07) is 4.87. The Bertz CT molecular complexity index is 562. The number of nitrogens with one attached hydrogen (secondary N) is 2. The molecule has 2 heterocycles. The molecule has 0 atom stereocenters. The second kappa shape index (κ2) is 5.71. The average Bonchev–Trinajstić information content (AvgIpc) is 2.88. The van der Waals surface area contributed by atoms with E-state index >= 15 is 0 Å². The smallest absolute Gasteiger partial charge is 0.250 e. The topological polar surface area (TPSA) is 106 Å². The third-order valence-corrected chi connectivity index (χ3v) is 2.31. The highest BCUT2D eigenvalue weighted by atomic mass is 16.1. The van der Waals surface area contributed by atoms with Crippen LogP contribution in [0, 0.1) is 0 Å². The fraction of sp³-hybridized carbons (Fsp3) is 0.300. The predicted octanol–water partition coefficient (Wildman–Crippen LogP) is -0.932. The van der Waals surface area contributed by atoms with Crippen LogP contribution in [0.4, 0.5) is 0 Å². The summed E-state index contributed by atoms with van der Waals surface area (Å²) in [7, 11) is 0. The number of aryl methyl sites for hydroxylation is 1. The van der Waals surface area contributed by atoms with Crippen LogP contribution in [0.25, 0.3) is 0 Å². The molecule has 2 rings (SSSR count). The summed E-state index contributed by atoms with van der Waals surface area (Å²) in [6.07, 6.45) is 1.87. The van der Waals surface area contributed by atoms with Gasteiger partial charge in [0.15, 0.2) is 5.82 Å². The zero-order chi connectivity index (χ0) is 12.8. The Morgan fingerprint density at radius 2 is 2.33 bits per heavy atom. The lowest BCUT2D eigenvalue weighted by Gasteiger charge is -2.05. The van der Waals surface area contributed by atoms with Crippen LogP contribution in [0.1, 0.15) is 12.2 Å². The van der Waals surface area contributed by atoms with Crippen molar-refractivity contribution in [2.24, 2.45) is 0 Å². The number of carbonyl (C=O) groups excluding carboxylic acids is 1. The van der Waals surface area contributed by atoms with Gasteiger partial charge in [0.1, 0.15) is 0 Å². The average molecular weight is 248 g/mol. The number of amides is 1. The quantitative estimate of drug-likeness (QED) is 0.711. The summed E-state index contributed by atoms with van der Waals surface area (Å²) in [5, 5.41) is 15.7. The SMILES string of the molecule is O=C(CCn1ccccc1=O)NCc1nn[nH]n1. The molecule has 0 unspecified atom stereocenters. The molecule has 8 nitrogen and oxygen atoms in total. The van der Waals surface area contributed by atoms with Crippen LogP contribution in [0.3, 0.4) is 0 Å². The fourth-order valence-electron chi connectivity index (χ4n) is 1.39. The van der Waals surface area contributed by atoms with Gasteiger partial charge in [0.05, 0.1) is 6.54 Å². The van der Waals surface area contributed by atoms with Gasteiger partial charge >= 0.3 is 0 Å². The Morgan fingerprint density at radius 1 is 1.44 bits per heavy atom. The number of rotatable bonds is 5. The van der Waals surface area contributed by atoms with E-state index in [9.17, 15) is 9.59 Å². The lowest BCUT2D eigenvalue weighted by atomic mass is 10.3. The van der Waals surface area contributed by atoms with E-state index < -0.39 is 0 Å². The van der Waals surface area contributed by atoms with E-state index in [4.69, 9.17) is 0 Å². The predicted molar refractivity (Wildman–Crippen MR) is 61.3 cm³/mol. The summed E-state index contributed by atoms with van der Waals surface area (Å²) in [5.41, 5.74) is -0.122. The van der Waals surface area contributed by atoms with E-state index in [1.807, 2.05) is 0 Å². The molecule has 0 aliphatic carbocycles. The van der Waals surface area contributed by atoms with Gasteiger partial charge in [0, 0.05) is 25.2 Å². The molecule has 0 aliphatic heterocycles. The van der Waals surface area contributed by atoms with Crippen LogP contribution in [0.15, 0.2) is 29.2 Å². The van der Waals surface area contributed by atoms with Crippen LogP contribution in [-0.2, 0) is 17.9 Å². The van der Waals surface area contributed by atoms with Crippen molar-refractivity contribution in [1.82, 2.24) is 30.5 Å². The molecular weight excluding hydrogens is 236 g/mol. The van der Waals surface area contributed by atoms with Gasteiger partial charge in [-0.2, -0.15) is 5.21 Å². The Labute approximate surface area is 102 Å². The fourth-order valence-corrected chi connectivity index (χ4v) is 1.39. The molecule has 94 valence electrons. The van der Waals surface area contributed by atoms with Crippen LogP contribution < -0.4 is 10.9 Å². The molecule has 2 N–H and O–H groups in total. The van der Waals surface area contributed by atoms with Gasteiger partial charge in [0.2, 0.25) is 5.91 Å². The zero-order valence-corrected chi connectivity index (χ0v) is 9.54. The van der Waals surface area contributed by atoms with Crippen LogP contribution in [0.5, 0.6) is 0 Å². The lowest BCUT2D eigenvalue weighted by molar-refractivity contribution is -0.121. The Morgan fingerprint density at radius 3 is 3.06 bits per heavy atom. The molecule has 0 saturated carbocycles. The summed E-state index contributed by atoms with van der Waals surface area (Å²) < 4.78 is 1.48. The van der Waals surface area contributed by atoms with Gasteiger partial charge in [-0.05, 0) is 6.07 Å². The molecule has 8 heteroatoms. The highest BCUT2D eigenvalue weighted by Crippen LogP contribution is 1.89.